The second-order valence-electron chi connectivity index (χ2n) is 7.73. The molecule has 0 N–H and O–H groups in total. The van der Waals surface area contributed by atoms with Crippen LogP contribution in [0.5, 0.6) is 0 Å². The molecule has 1 fully saturated rings. The molecule has 2 bridgehead atoms. The van der Waals surface area contributed by atoms with Crippen molar-refractivity contribution in [2.75, 3.05) is 0 Å². The van der Waals surface area contributed by atoms with Crippen LogP contribution in [0, 0.1) is 6.92 Å². The van der Waals surface area contributed by atoms with E-state index in [1.807, 2.05) is 23.6 Å². The van der Waals surface area contributed by atoms with E-state index in [1.165, 1.54) is 6.07 Å². The zero-order valence-corrected chi connectivity index (χ0v) is 17.9. The molecule has 2 aliphatic heterocycles. The quantitative estimate of drug-likeness (QED) is 0.524. The SMILES string of the molecule is Cc1ccc(-c2nnc3n2C[C@@H]2CCC[C@H]3N2C(=O)c2ccnc(C(F)(F)F)c2Cl)s1. The summed E-state index contributed by atoms with van der Waals surface area (Å²) in [6, 6.07) is 4.73. The Hall–Kier alpha value is -2.46. The van der Waals surface area contributed by atoms with Crippen molar-refractivity contribution in [3.8, 4) is 10.7 Å². The molecule has 5 rings (SSSR count). The average Bonchev–Trinajstić information content (AvgIpc) is 3.32. The van der Waals surface area contributed by atoms with E-state index >= 15 is 0 Å². The molecule has 6 nitrogen and oxygen atoms in total. The molecule has 3 aromatic heterocycles. The number of hydrogen-bond donors (Lipinski definition) is 0. The summed E-state index contributed by atoms with van der Waals surface area (Å²) in [6.07, 6.45) is -1.45. The Morgan fingerprint density at radius 3 is 2.74 bits per heavy atom. The summed E-state index contributed by atoms with van der Waals surface area (Å²) in [4.78, 5) is 20.5. The van der Waals surface area contributed by atoms with Crippen molar-refractivity contribution in [2.45, 2.75) is 51.0 Å². The van der Waals surface area contributed by atoms with E-state index in [9.17, 15) is 18.0 Å². The van der Waals surface area contributed by atoms with Gasteiger partial charge in [0.2, 0.25) is 0 Å². The Bertz CT molecular complexity index is 1170. The zero-order chi connectivity index (χ0) is 21.9. The summed E-state index contributed by atoms with van der Waals surface area (Å²) in [6.45, 7) is 2.51. The molecule has 162 valence electrons. The lowest BCUT2D eigenvalue weighted by molar-refractivity contribution is -0.141. The van der Waals surface area contributed by atoms with Crippen LogP contribution in [0.2, 0.25) is 5.02 Å². The number of hydrogen-bond acceptors (Lipinski definition) is 5. The van der Waals surface area contributed by atoms with Gasteiger partial charge in [0.1, 0.15) is 0 Å². The number of nitrogens with zero attached hydrogens (tertiary/aromatic N) is 5. The second-order valence-corrected chi connectivity index (χ2v) is 9.40. The Morgan fingerprint density at radius 1 is 1.23 bits per heavy atom. The average molecular weight is 468 g/mol. The zero-order valence-electron chi connectivity index (χ0n) is 16.4. The van der Waals surface area contributed by atoms with Crippen LogP contribution in [0.1, 0.15) is 52.1 Å². The molecule has 0 unspecified atom stereocenters. The Balaban J connectivity index is 1.54. The highest BCUT2D eigenvalue weighted by atomic mass is 35.5. The molecule has 2 aliphatic rings. The highest BCUT2D eigenvalue weighted by Gasteiger charge is 2.44. The van der Waals surface area contributed by atoms with E-state index in [2.05, 4.69) is 15.2 Å². The smallest absolute Gasteiger partial charge is 0.324 e. The van der Waals surface area contributed by atoms with Gasteiger partial charge in [-0.3, -0.25) is 9.78 Å². The Morgan fingerprint density at radius 2 is 2.03 bits per heavy atom. The van der Waals surface area contributed by atoms with Gasteiger partial charge in [0, 0.05) is 17.6 Å². The minimum atomic E-state index is -4.74. The molecule has 31 heavy (non-hydrogen) atoms. The number of carbonyl (C=O) groups is 1. The molecule has 2 atom stereocenters. The molecular weight excluding hydrogens is 451 g/mol. The van der Waals surface area contributed by atoms with Crippen LogP contribution in [0.25, 0.3) is 10.7 Å². The van der Waals surface area contributed by atoms with E-state index < -0.39 is 22.8 Å². The number of aryl methyl sites for hydroxylation is 1. The molecule has 3 aromatic rings. The topological polar surface area (TPSA) is 63.9 Å². The molecule has 5 heterocycles. The second kappa shape index (κ2) is 7.30. The van der Waals surface area contributed by atoms with Crippen molar-refractivity contribution in [2.24, 2.45) is 0 Å². The minimum Gasteiger partial charge on any atom is -0.324 e. The van der Waals surface area contributed by atoms with Gasteiger partial charge in [0.15, 0.2) is 17.3 Å². The van der Waals surface area contributed by atoms with Crippen LogP contribution < -0.4 is 0 Å². The Labute approximate surface area is 184 Å². The van der Waals surface area contributed by atoms with Crippen molar-refractivity contribution >= 4 is 28.8 Å². The van der Waals surface area contributed by atoms with Crippen LogP contribution in [-0.4, -0.2) is 36.6 Å². The lowest BCUT2D eigenvalue weighted by Gasteiger charge is -2.45. The first-order chi connectivity index (χ1) is 14.8. The third-order valence-corrected chi connectivity index (χ3v) is 7.18. The Kier molecular flexibility index (Phi) is 4.82. The normalized spacial score (nSPS) is 20.6. The van der Waals surface area contributed by atoms with Gasteiger partial charge >= 0.3 is 6.18 Å². The summed E-state index contributed by atoms with van der Waals surface area (Å²) >= 11 is 7.61. The maximum absolute atomic E-state index is 13.4. The number of piperidine rings is 1. The molecule has 1 saturated heterocycles. The highest BCUT2D eigenvalue weighted by molar-refractivity contribution is 7.15. The largest absolute Gasteiger partial charge is 0.434 e. The predicted octanol–water partition coefficient (Wildman–Crippen LogP) is 5.13. The number of carbonyl (C=O) groups excluding carboxylic acids is 1. The van der Waals surface area contributed by atoms with E-state index in [-0.39, 0.29) is 17.6 Å². The monoisotopic (exact) mass is 467 g/mol. The molecule has 1 amide bonds. The predicted molar refractivity (Wildman–Crippen MR) is 109 cm³/mol. The van der Waals surface area contributed by atoms with Crippen molar-refractivity contribution in [1.29, 1.82) is 0 Å². The fraction of sp³-hybridized carbons (Fsp3) is 0.400. The van der Waals surface area contributed by atoms with Gasteiger partial charge < -0.3 is 9.47 Å². The molecule has 0 saturated carbocycles. The molecule has 0 radical (unpaired) electrons. The first kappa shape index (κ1) is 20.4. The number of fused-ring (bicyclic) bond motifs is 4. The number of alkyl halides is 3. The van der Waals surface area contributed by atoms with Gasteiger partial charge in [-0.2, -0.15) is 13.2 Å². The lowest BCUT2D eigenvalue weighted by Crippen LogP contribution is -2.52. The van der Waals surface area contributed by atoms with Crippen molar-refractivity contribution in [3.05, 3.63) is 51.4 Å². The summed E-state index contributed by atoms with van der Waals surface area (Å²) in [5.41, 5.74) is -1.44. The number of rotatable bonds is 2. The molecule has 0 aliphatic carbocycles. The fourth-order valence-corrected chi connectivity index (χ4v) is 5.62. The number of aromatic nitrogens is 4. The third-order valence-electron chi connectivity index (χ3n) is 5.80. The van der Waals surface area contributed by atoms with Crippen molar-refractivity contribution < 1.29 is 18.0 Å². The lowest BCUT2D eigenvalue weighted by atomic mass is 9.91. The number of amides is 1. The maximum Gasteiger partial charge on any atom is 0.434 e. The standard InChI is InChI=1S/C20H17ClF3N5OS/c1-10-5-6-14(31-10)18-27-26-17-13-4-2-3-11(9-28(17)18)29(13)19(30)12-7-8-25-16(15(12)21)20(22,23)24/h5-8,11,13H,2-4,9H2,1H3/t11-,13+/m0/s1. The van der Waals surface area contributed by atoms with E-state index in [0.29, 0.717) is 18.8 Å². The summed E-state index contributed by atoms with van der Waals surface area (Å²) in [5, 5.41) is 8.08. The number of thiophene rings is 1. The number of pyridine rings is 1. The highest BCUT2D eigenvalue weighted by Crippen LogP contribution is 2.43. The van der Waals surface area contributed by atoms with Gasteiger partial charge in [-0.1, -0.05) is 11.6 Å². The van der Waals surface area contributed by atoms with Crippen LogP contribution >= 0.6 is 22.9 Å². The summed E-state index contributed by atoms with van der Waals surface area (Å²) < 4.78 is 41.7. The maximum atomic E-state index is 13.4. The summed E-state index contributed by atoms with van der Waals surface area (Å²) in [7, 11) is 0. The third kappa shape index (κ3) is 3.32. The minimum absolute atomic E-state index is 0.173. The van der Waals surface area contributed by atoms with Gasteiger partial charge in [0.25, 0.3) is 5.91 Å². The van der Waals surface area contributed by atoms with Gasteiger partial charge in [-0.15, -0.1) is 21.5 Å². The van der Waals surface area contributed by atoms with Gasteiger partial charge in [-0.25, -0.2) is 0 Å². The van der Waals surface area contributed by atoms with E-state index in [4.69, 9.17) is 11.6 Å². The first-order valence-corrected chi connectivity index (χ1v) is 11.0. The number of halogens is 4. The molecule has 0 spiro atoms. The van der Waals surface area contributed by atoms with Crippen molar-refractivity contribution in [1.82, 2.24) is 24.6 Å². The first-order valence-electron chi connectivity index (χ1n) is 9.80. The van der Waals surface area contributed by atoms with Crippen molar-refractivity contribution in [3.63, 3.8) is 0 Å². The van der Waals surface area contributed by atoms with Crippen LogP contribution in [0.3, 0.4) is 0 Å². The molecule has 0 aromatic carbocycles. The van der Waals surface area contributed by atoms with E-state index in [1.54, 1.807) is 16.2 Å². The summed E-state index contributed by atoms with van der Waals surface area (Å²) in [5.74, 6) is 0.889. The van der Waals surface area contributed by atoms with Gasteiger partial charge in [0.05, 0.1) is 27.5 Å². The fourth-order valence-electron chi connectivity index (χ4n) is 4.45. The van der Waals surface area contributed by atoms with E-state index in [0.717, 1.165) is 34.6 Å². The van der Waals surface area contributed by atoms with Crippen LogP contribution in [-0.2, 0) is 12.7 Å². The molecular formula is C20H17ClF3N5OS. The molecule has 11 heteroatoms. The van der Waals surface area contributed by atoms with Crippen LogP contribution in [0.15, 0.2) is 24.4 Å². The van der Waals surface area contributed by atoms with Crippen LogP contribution in [0.4, 0.5) is 13.2 Å². The van der Waals surface area contributed by atoms with Gasteiger partial charge in [-0.05, 0) is 44.4 Å².